The molecule has 0 aliphatic heterocycles. The summed E-state index contributed by atoms with van der Waals surface area (Å²) in [5.74, 6) is -0.437. The molecule has 1 rings (SSSR count). The van der Waals surface area contributed by atoms with E-state index in [0.29, 0.717) is 0 Å². The van der Waals surface area contributed by atoms with Crippen molar-refractivity contribution in [3.05, 3.63) is 38.9 Å². The van der Waals surface area contributed by atoms with E-state index in [1.54, 1.807) is 0 Å². The predicted molar refractivity (Wildman–Crippen MR) is 46.9 cm³/mol. The van der Waals surface area contributed by atoms with Crippen molar-refractivity contribution in [1.29, 1.82) is 0 Å². The summed E-state index contributed by atoms with van der Waals surface area (Å²) in [6.07, 6.45) is 0. The standard InChI is InChI=1S/C8H5ClNO3/c1-5(11)8-6(9)3-2-4-7(8)10(12)13/h2,4H,1H3. The highest BCUT2D eigenvalue weighted by molar-refractivity contribution is 6.34. The van der Waals surface area contributed by atoms with Crippen LogP contribution in [0.4, 0.5) is 5.69 Å². The number of nitro groups is 1. The molecule has 0 N–H and O–H groups in total. The number of nitrogens with zero attached hydrogens (tertiary/aromatic N) is 1. The monoisotopic (exact) mass is 198 g/mol. The van der Waals surface area contributed by atoms with Gasteiger partial charge in [0.1, 0.15) is 5.56 Å². The lowest BCUT2D eigenvalue weighted by Crippen LogP contribution is -2.00. The fraction of sp³-hybridized carbons (Fsp3) is 0.125. The normalized spacial score (nSPS) is 9.69. The molecule has 4 nitrogen and oxygen atoms in total. The van der Waals surface area contributed by atoms with Crippen molar-refractivity contribution in [3.8, 4) is 0 Å². The highest BCUT2D eigenvalue weighted by atomic mass is 35.5. The average Bonchev–Trinajstić information content (AvgIpc) is 2.02. The molecular weight excluding hydrogens is 194 g/mol. The van der Waals surface area contributed by atoms with Crippen molar-refractivity contribution >= 4 is 23.1 Å². The first-order chi connectivity index (χ1) is 6.04. The summed E-state index contributed by atoms with van der Waals surface area (Å²) in [5.41, 5.74) is -0.370. The van der Waals surface area contributed by atoms with E-state index in [0.717, 1.165) is 0 Å². The van der Waals surface area contributed by atoms with Crippen LogP contribution in [-0.4, -0.2) is 10.7 Å². The van der Waals surface area contributed by atoms with Crippen LogP contribution >= 0.6 is 11.6 Å². The lowest BCUT2D eigenvalue weighted by molar-refractivity contribution is -0.385. The van der Waals surface area contributed by atoms with Gasteiger partial charge in [-0.25, -0.2) is 0 Å². The molecule has 0 aliphatic carbocycles. The van der Waals surface area contributed by atoms with Gasteiger partial charge in [0.05, 0.1) is 9.95 Å². The van der Waals surface area contributed by atoms with Crippen molar-refractivity contribution in [3.63, 3.8) is 0 Å². The first kappa shape index (κ1) is 9.67. The van der Waals surface area contributed by atoms with Crippen LogP contribution in [0.3, 0.4) is 0 Å². The smallest absolute Gasteiger partial charge is 0.281 e. The molecule has 0 bridgehead atoms. The van der Waals surface area contributed by atoms with Crippen molar-refractivity contribution in [2.45, 2.75) is 6.92 Å². The van der Waals surface area contributed by atoms with Crippen LogP contribution in [0.25, 0.3) is 0 Å². The predicted octanol–water partition coefficient (Wildman–Crippen LogP) is 2.25. The van der Waals surface area contributed by atoms with Gasteiger partial charge in [-0.05, 0) is 13.0 Å². The third-order valence-corrected chi connectivity index (χ3v) is 1.77. The molecule has 0 fully saturated rings. The number of hydrogen-bond donors (Lipinski definition) is 0. The molecule has 0 amide bonds. The van der Waals surface area contributed by atoms with E-state index in [1.807, 2.05) is 0 Å². The van der Waals surface area contributed by atoms with Gasteiger partial charge in [-0.3, -0.25) is 14.9 Å². The van der Waals surface area contributed by atoms with Gasteiger partial charge in [0.2, 0.25) is 0 Å². The molecule has 0 unspecified atom stereocenters. The van der Waals surface area contributed by atoms with Gasteiger partial charge in [0.25, 0.3) is 5.69 Å². The number of hydrogen-bond acceptors (Lipinski definition) is 3. The number of nitro benzene ring substituents is 1. The van der Waals surface area contributed by atoms with E-state index in [1.165, 1.54) is 19.1 Å². The molecule has 5 heteroatoms. The van der Waals surface area contributed by atoms with Gasteiger partial charge in [-0.1, -0.05) is 11.6 Å². The van der Waals surface area contributed by atoms with Crippen molar-refractivity contribution in [2.75, 3.05) is 0 Å². The molecular formula is C8H5ClNO3. The lowest BCUT2D eigenvalue weighted by atomic mass is 10.1. The zero-order valence-electron chi connectivity index (χ0n) is 6.70. The molecule has 1 aromatic carbocycles. The van der Waals surface area contributed by atoms with Crippen LogP contribution < -0.4 is 0 Å². The third-order valence-electron chi connectivity index (χ3n) is 1.48. The number of carbonyl (C=O) groups is 1. The Morgan fingerprint density at radius 1 is 1.69 bits per heavy atom. The molecule has 1 radical (unpaired) electrons. The summed E-state index contributed by atoms with van der Waals surface area (Å²) in [4.78, 5) is 20.8. The fourth-order valence-electron chi connectivity index (χ4n) is 0.949. The number of benzene rings is 1. The Hall–Kier alpha value is -1.42. The molecule has 0 saturated carbocycles. The van der Waals surface area contributed by atoms with Gasteiger partial charge < -0.3 is 0 Å². The van der Waals surface area contributed by atoms with E-state index >= 15 is 0 Å². The molecule has 0 heterocycles. The summed E-state index contributed by atoms with van der Waals surface area (Å²) < 4.78 is 0. The average molecular weight is 199 g/mol. The Kier molecular flexibility index (Phi) is 2.63. The Balaban J connectivity index is 3.43. The number of Topliss-reactive ketones (excluding diaryl/α,β-unsaturated/α-hetero) is 1. The maximum atomic E-state index is 11.0. The number of halogens is 1. The number of carbonyl (C=O) groups excluding carboxylic acids is 1. The zero-order valence-corrected chi connectivity index (χ0v) is 7.46. The van der Waals surface area contributed by atoms with Crippen LogP contribution in [-0.2, 0) is 0 Å². The highest BCUT2D eigenvalue weighted by Crippen LogP contribution is 2.25. The largest absolute Gasteiger partial charge is 0.294 e. The van der Waals surface area contributed by atoms with Crippen molar-refractivity contribution in [2.24, 2.45) is 0 Å². The van der Waals surface area contributed by atoms with Gasteiger partial charge in [0.15, 0.2) is 5.78 Å². The molecule has 67 valence electrons. The molecule has 13 heavy (non-hydrogen) atoms. The number of rotatable bonds is 2. The summed E-state index contributed by atoms with van der Waals surface area (Å²) in [6, 6.07) is 5.03. The zero-order chi connectivity index (χ0) is 10.0. The van der Waals surface area contributed by atoms with Gasteiger partial charge in [-0.15, -0.1) is 0 Å². The summed E-state index contributed by atoms with van der Waals surface area (Å²) in [7, 11) is 0. The maximum Gasteiger partial charge on any atom is 0.281 e. The highest BCUT2D eigenvalue weighted by Gasteiger charge is 2.19. The molecule has 1 aromatic rings. The van der Waals surface area contributed by atoms with Crippen LogP contribution in [0.15, 0.2) is 12.1 Å². The summed E-state index contributed by atoms with van der Waals surface area (Å²) in [6.45, 7) is 1.22. The second kappa shape index (κ2) is 3.53. The SMILES string of the molecule is CC(=O)c1c(Cl)[c]ccc1[N+](=O)[O-]. The van der Waals surface area contributed by atoms with E-state index in [4.69, 9.17) is 11.6 Å². The molecule has 0 saturated heterocycles. The Morgan fingerprint density at radius 3 is 2.69 bits per heavy atom. The first-order valence-corrected chi connectivity index (χ1v) is 3.77. The minimum atomic E-state index is -0.642. The summed E-state index contributed by atoms with van der Waals surface area (Å²) >= 11 is 5.59. The van der Waals surface area contributed by atoms with Crippen LogP contribution in [0, 0.1) is 16.2 Å². The third kappa shape index (κ3) is 1.84. The maximum absolute atomic E-state index is 11.0. The molecule has 0 spiro atoms. The lowest BCUT2D eigenvalue weighted by Gasteiger charge is -1.99. The van der Waals surface area contributed by atoms with E-state index in [2.05, 4.69) is 6.07 Å². The van der Waals surface area contributed by atoms with Crippen molar-refractivity contribution < 1.29 is 9.72 Å². The Morgan fingerprint density at radius 2 is 2.31 bits per heavy atom. The second-order valence-electron chi connectivity index (χ2n) is 2.37. The van der Waals surface area contributed by atoms with E-state index in [9.17, 15) is 14.9 Å². The minimum Gasteiger partial charge on any atom is -0.294 e. The minimum absolute atomic E-state index is 0.0123. The topological polar surface area (TPSA) is 60.2 Å². The quantitative estimate of drug-likeness (QED) is 0.416. The molecule has 0 atom stereocenters. The van der Waals surface area contributed by atoms with Gasteiger partial charge >= 0.3 is 0 Å². The van der Waals surface area contributed by atoms with Crippen LogP contribution in [0.5, 0.6) is 0 Å². The second-order valence-corrected chi connectivity index (χ2v) is 2.74. The van der Waals surface area contributed by atoms with Crippen LogP contribution in [0.1, 0.15) is 17.3 Å². The van der Waals surface area contributed by atoms with Gasteiger partial charge in [0, 0.05) is 12.1 Å². The first-order valence-electron chi connectivity index (χ1n) is 3.39. The summed E-state index contributed by atoms with van der Waals surface area (Å²) in [5, 5.41) is 10.4. The van der Waals surface area contributed by atoms with E-state index < -0.39 is 10.7 Å². The fourth-order valence-corrected chi connectivity index (χ4v) is 1.24. The number of ketones is 1. The van der Waals surface area contributed by atoms with Crippen molar-refractivity contribution in [1.82, 2.24) is 0 Å². The van der Waals surface area contributed by atoms with Gasteiger partial charge in [-0.2, -0.15) is 0 Å². The molecule has 0 aliphatic rings. The molecule has 0 aromatic heterocycles. The Labute approximate surface area is 79.3 Å². The van der Waals surface area contributed by atoms with E-state index in [-0.39, 0.29) is 16.3 Å². The Bertz CT molecular complexity index is 376. The van der Waals surface area contributed by atoms with Crippen LogP contribution in [0.2, 0.25) is 5.02 Å².